The molecule has 0 aliphatic carbocycles. The number of benzene rings is 2. The highest BCUT2D eigenvalue weighted by Gasteiger charge is 2.22. The fourth-order valence-corrected chi connectivity index (χ4v) is 2.51. The molecule has 6 nitrogen and oxygen atoms in total. The molecule has 25 heavy (non-hydrogen) atoms. The van der Waals surface area contributed by atoms with E-state index in [4.69, 9.17) is 9.15 Å². The monoisotopic (exact) mass is 340 g/mol. The van der Waals surface area contributed by atoms with Gasteiger partial charge in [-0.3, -0.25) is 9.59 Å². The quantitative estimate of drug-likeness (QED) is 0.705. The maximum atomic E-state index is 12.8. The topological polar surface area (TPSA) is 97.0 Å². The Labute approximate surface area is 142 Å². The van der Waals surface area contributed by atoms with Crippen LogP contribution in [0.25, 0.3) is 22.3 Å². The molecule has 2 N–H and O–H groups in total. The number of hydrogen-bond acceptors (Lipinski definition) is 6. The summed E-state index contributed by atoms with van der Waals surface area (Å²) in [5, 5.41) is 19.5. The summed E-state index contributed by atoms with van der Waals surface area (Å²) < 4.78 is 10.9. The summed E-state index contributed by atoms with van der Waals surface area (Å²) >= 11 is 0. The third-order valence-corrected chi connectivity index (χ3v) is 3.62. The minimum Gasteiger partial charge on any atom is -0.508 e. The number of carbonyl (C=O) groups excluding carboxylic acids is 1. The van der Waals surface area contributed by atoms with Crippen molar-refractivity contribution >= 4 is 16.9 Å². The second-order valence-corrected chi connectivity index (χ2v) is 5.52. The zero-order chi connectivity index (χ0) is 18.0. The van der Waals surface area contributed by atoms with Crippen LogP contribution in [-0.2, 0) is 4.79 Å². The van der Waals surface area contributed by atoms with Crippen molar-refractivity contribution in [3.8, 4) is 28.6 Å². The van der Waals surface area contributed by atoms with E-state index in [-0.39, 0.29) is 34.6 Å². The molecular formula is C19H16O6. The lowest BCUT2D eigenvalue weighted by Crippen LogP contribution is -2.15. The van der Waals surface area contributed by atoms with E-state index in [0.29, 0.717) is 12.0 Å². The van der Waals surface area contributed by atoms with Gasteiger partial charge in [0.1, 0.15) is 22.5 Å². The van der Waals surface area contributed by atoms with Crippen LogP contribution in [0.1, 0.15) is 19.8 Å². The average molecular weight is 340 g/mol. The summed E-state index contributed by atoms with van der Waals surface area (Å²) in [7, 11) is 0. The van der Waals surface area contributed by atoms with E-state index in [1.165, 1.54) is 6.07 Å². The van der Waals surface area contributed by atoms with Crippen molar-refractivity contribution in [3.05, 3.63) is 52.7 Å². The molecule has 3 aromatic rings. The maximum Gasteiger partial charge on any atom is 0.311 e. The van der Waals surface area contributed by atoms with Crippen molar-refractivity contribution < 1.29 is 24.2 Å². The number of rotatable bonds is 4. The van der Waals surface area contributed by atoms with Gasteiger partial charge in [0.15, 0.2) is 5.76 Å². The van der Waals surface area contributed by atoms with E-state index >= 15 is 0 Å². The molecule has 2 aromatic carbocycles. The molecule has 0 radical (unpaired) electrons. The van der Waals surface area contributed by atoms with E-state index in [9.17, 15) is 19.8 Å². The molecule has 0 spiro atoms. The molecule has 0 aliphatic rings. The Kier molecular flexibility index (Phi) is 4.43. The average Bonchev–Trinajstić information content (AvgIpc) is 2.57. The number of phenolic OH excluding ortho intramolecular Hbond substituents is 2. The molecule has 0 amide bonds. The second-order valence-electron chi connectivity index (χ2n) is 5.52. The number of hydrogen-bond donors (Lipinski definition) is 2. The molecule has 0 aliphatic heterocycles. The number of phenols is 2. The highest BCUT2D eigenvalue weighted by molar-refractivity contribution is 5.89. The van der Waals surface area contributed by atoms with Crippen LogP contribution in [0.4, 0.5) is 0 Å². The number of esters is 1. The molecular weight excluding hydrogens is 324 g/mol. The highest BCUT2D eigenvalue weighted by atomic mass is 16.5. The van der Waals surface area contributed by atoms with Crippen molar-refractivity contribution in [1.82, 2.24) is 0 Å². The lowest BCUT2D eigenvalue weighted by molar-refractivity contribution is -0.134. The van der Waals surface area contributed by atoms with Crippen LogP contribution in [-0.4, -0.2) is 16.2 Å². The van der Waals surface area contributed by atoms with Gasteiger partial charge in [0.05, 0.1) is 0 Å². The van der Waals surface area contributed by atoms with Gasteiger partial charge in [0.2, 0.25) is 11.2 Å². The number of carbonyl (C=O) groups is 1. The Morgan fingerprint density at radius 2 is 1.88 bits per heavy atom. The molecule has 0 saturated carbocycles. The zero-order valence-corrected chi connectivity index (χ0v) is 13.5. The van der Waals surface area contributed by atoms with E-state index in [2.05, 4.69) is 0 Å². The number of fused-ring (bicyclic) bond motifs is 1. The normalized spacial score (nSPS) is 10.8. The van der Waals surface area contributed by atoms with Crippen LogP contribution in [0.2, 0.25) is 0 Å². The minimum absolute atomic E-state index is 0.00311. The molecule has 0 atom stereocenters. The van der Waals surface area contributed by atoms with Crippen molar-refractivity contribution in [3.63, 3.8) is 0 Å². The summed E-state index contributed by atoms with van der Waals surface area (Å²) in [6.07, 6.45) is 0.713. The van der Waals surface area contributed by atoms with E-state index in [0.717, 1.165) is 6.07 Å². The SMILES string of the molecule is CCCC(=O)Oc1c(-c2ccccc2)oc2cc(O)cc(O)c2c1=O. The van der Waals surface area contributed by atoms with Gasteiger partial charge in [-0.15, -0.1) is 0 Å². The standard InChI is InChI=1S/C19H16O6/c1-2-6-15(22)25-19-17(23)16-13(21)9-12(20)10-14(16)24-18(19)11-7-4-3-5-8-11/h3-5,7-10,20-21H,2,6H2,1H3. The fourth-order valence-electron chi connectivity index (χ4n) is 2.51. The zero-order valence-electron chi connectivity index (χ0n) is 13.5. The van der Waals surface area contributed by atoms with Crippen LogP contribution in [0.15, 0.2) is 51.7 Å². The minimum atomic E-state index is -0.679. The third kappa shape index (κ3) is 3.19. The molecule has 0 unspecified atom stereocenters. The largest absolute Gasteiger partial charge is 0.508 e. The molecule has 128 valence electrons. The molecule has 0 fully saturated rings. The van der Waals surface area contributed by atoms with Gasteiger partial charge in [-0.1, -0.05) is 37.3 Å². The summed E-state index contributed by atoms with van der Waals surface area (Å²) in [5.74, 6) is -1.48. The lowest BCUT2D eigenvalue weighted by Gasteiger charge is -2.11. The van der Waals surface area contributed by atoms with Crippen LogP contribution in [0, 0.1) is 0 Å². The molecule has 0 bridgehead atoms. The van der Waals surface area contributed by atoms with Crippen LogP contribution < -0.4 is 10.2 Å². The van der Waals surface area contributed by atoms with Crippen molar-refractivity contribution in [2.24, 2.45) is 0 Å². The van der Waals surface area contributed by atoms with E-state index in [1.54, 1.807) is 30.3 Å². The molecule has 1 aromatic heterocycles. The predicted octanol–water partition coefficient (Wildman–Crippen LogP) is 3.58. The van der Waals surface area contributed by atoms with Gasteiger partial charge >= 0.3 is 5.97 Å². The third-order valence-electron chi connectivity index (χ3n) is 3.62. The maximum absolute atomic E-state index is 12.8. The Bertz CT molecular complexity index is 988. The summed E-state index contributed by atoms with van der Waals surface area (Å²) in [5.41, 5.74) is -0.151. The first-order chi connectivity index (χ1) is 12.0. The summed E-state index contributed by atoms with van der Waals surface area (Å²) in [6, 6.07) is 10.9. The first kappa shape index (κ1) is 16.6. The predicted molar refractivity (Wildman–Crippen MR) is 91.8 cm³/mol. The van der Waals surface area contributed by atoms with Gasteiger partial charge in [0.25, 0.3) is 0 Å². The Morgan fingerprint density at radius 3 is 2.56 bits per heavy atom. The van der Waals surface area contributed by atoms with Crippen molar-refractivity contribution in [2.45, 2.75) is 19.8 Å². The fraction of sp³-hybridized carbons (Fsp3) is 0.158. The van der Waals surface area contributed by atoms with Crippen LogP contribution >= 0.6 is 0 Å². The van der Waals surface area contributed by atoms with E-state index in [1.807, 2.05) is 6.92 Å². The molecule has 0 saturated heterocycles. The Morgan fingerprint density at radius 1 is 1.16 bits per heavy atom. The van der Waals surface area contributed by atoms with Gasteiger partial charge in [-0.05, 0) is 6.42 Å². The van der Waals surface area contributed by atoms with Gasteiger partial charge < -0.3 is 19.4 Å². The Balaban J connectivity index is 2.31. The van der Waals surface area contributed by atoms with E-state index < -0.39 is 17.1 Å². The number of aromatic hydroxyl groups is 2. The van der Waals surface area contributed by atoms with Crippen molar-refractivity contribution in [1.29, 1.82) is 0 Å². The lowest BCUT2D eigenvalue weighted by atomic mass is 10.1. The Hall–Kier alpha value is -3.28. The summed E-state index contributed by atoms with van der Waals surface area (Å²) in [6.45, 7) is 1.82. The molecule has 3 rings (SSSR count). The number of ether oxygens (including phenoxy) is 1. The highest BCUT2D eigenvalue weighted by Crippen LogP contribution is 2.35. The first-order valence-electron chi connectivity index (χ1n) is 7.80. The van der Waals surface area contributed by atoms with Crippen LogP contribution in [0.3, 0.4) is 0 Å². The van der Waals surface area contributed by atoms with Gasteiger partial charge in [-0.25, -0.2) is 0 Å². The van der Waals surface area contributed by atoms with Crippen molar-refractivity contribution in [2.75, 3.05) is 0 Å². The second kappa shape index (κ2) is 6.68. The molecule has 1 heterocycles. The smallest absolute Gasteiger partial charge is 0.311 e. The van der Waals surface area contributed by atoms with Gasteiger partial charge in [-0.2, -0.15) is 0 Å². The first-order valence-corrected chi connectivity index (χ1v) is 7.80. The molecule has 6 heteroatoms. The summed E-state index contributed by atoms with van der Waals surface area (Å²) in [4.78, 5) is 24.7. The van der Waals surface area contributed by atoms with Crippen LogP contribution in [0.5, 0.6) is 17.2 Å². The van der Waals surface area contributed by atoms with Gasteiger partial charge in [0, 0.05) is 24.1 Å².